The lowest BCUT2D eigenvalue weighted by Gasteiger charge is -2.34. The van der Waals surface area contributed by atoms with Crippen molar-refractivity contribution in [2.24, 2.45) is 0 Å². The lowest BCUT2D eigenvalue weighted by atomic mass is 9.91. The van der Waals surface area contributed by atoms with Gasteiger partial charge >= 0.3 is 0 Å². The average Bonchev–Trinajstić information content (AvgIpc) is 3.33. The summed E-state index contributed by atoms with van der Waals surface area (Å²) in [7, 11) is 0. The van der Waals surface area contributed by atoms with Crippen molar-refractivity contribution in [2.75, 3.05) is 4.90 Å². The van der Waals surface area contributed by atoms with Crippen LogP contribution in [0.25, 0.3) is 10.9 Å². The van der Waals surface area contributed by atoms with Crippen molar-refractivity contribution in [3.8, 4) is 0 Å². The van der Waals surface area contributed by atoms with Crippen LogP contribution in [0.15, 0.2) is 78.9 Å². The van der Waals surface area contributed by atoms with Gasteiger partial charge in [-0.2, -0.15) is 0 Å². The second-order valence-electron chi connectivity index (χ2n) is 9.49. The second-order valence-corrected chi connectivity index (χ2v) is 9.90. The van der Waals surface area contributed by atoms with E-state index < -0.39 is 35.6 Å². The van der Waals surface area contributed by atoms with E-state index in [1.807, 2.05) is 24.3 Å². The highest BCUT2D eigenvalue weighted by Gasteiger charge is 2.39. The molecule has 2 amide bonds. The zero-order valence-electron chi connectivity index (χ0n) is 20.3. The summed E-state index contributed by atoms with van der Waals surface area (Å²) >= 11 is 6.52. The first-order valence-electron chi connectivity index (χ1n) is 12.3. The molecule has 0 radical (unpaired) electrons. The average molecular weight is 540 g/mol. The Bertz CT molecular complexity index is 1450. The number of nitrogens with one attached hydrogen (secondary N) is 2. The second kappa shape index (κ2) is 10.5. The van der Waals surface area contributed by atoms with Crippen LogP contribution in [-0.2, 0) is 4.79 Å². The van der Waals surface area contributed by atoms with Gasteiger partial charge in [0.2, 0.25) is 11.8 Å². The molecule has 5 rings (SSSR count). The van der Waals surface area contributed by atoms with Crippen molar-refractivity contribution in [3.05, 3.63) is 101 Å². The van der Waals surface area contributed by atoms with Crippen LogP contribution < -0.4 is 10.2 Å². The van der Waals surface area contributed by atoms with Crippen molar-refractivity contribution >= 4 is 40.0 Å². The molecule has 1 saturated carbocycles. The van der Waals surface area contributed by atoms with Gasteiger partial charge < -0.3 is 10.3 Å². The molecule has 0 saturated heterocycles. The summed E-state index contributed by atoms with van der Waals surface area (Å²) in [6.45, 7) is 0. The number of hydrogen-bond acceptors (Lipinski definition) is 2. The highest BCUT2D eigenvalue weighted by Crippen LogP contribution is 2.36. The molecule has 0 spiro atoms. The zero-order chi connectivity index (χ0) is 26.9. The van der Waals surface area contributed by atoms with Crippen molar-refractivity contribution in [2.45, 2.75) is 43.7 Å². The smallest absolute Gasteiger partial charge is 0.275 e. The minimum absolute atomic E-state index is 0.101. The predicted octanol–water partition coefficient (Wildman–Crippen LogP) is 7.04. The van der Waals surface area contributed by atoms with E-state index in [-0.39, 0.29) is 42.1 Å². The molecule has 196 valence electrons. The summed E-state index contributed by atoms with van der Waals surface area (Å²) < 4.78 is 41.9. The van der Waals surface area contributed by atoms with Crippen LogP contribution in [0.2, 0.25) is 5.02 Å². The molecule has 1 aromatic heterocycles. The van der Waals surface area contributed by atoms with Crippen molar-refractivity contribution in [1.82, 2.24) is 10.3 Å². The summed E-state index contributed by atoms with van der Waals surface area (Å²) in [5.74, 6) is -4.53. The molecule has 3 aromatic carbocycles. The Morgan fingerprint density at radius 1 is 0.974 bits per heavy atom. The first-order chi connectivity index (χ1) is 18.2. The zero-order valence-corrected chi connectivity index (χ0v) is 21.0. The van der Waals surface area contributed by atoms with Crippen molar-refractivity contribution in [3.63, 3.8) is 0 Å². The van der Waals surface area contributed by atoms with Gasteiger partial charge in [0.05, 0.1) is 0 Å². The third-order valence-corrected chi connectivity index (χ3v) is 7.18. The highest BCUT2D eigenvalue weighted by atomic mass is 35.5. The largest absolute Gasteiger partial charge is 0.351 e. The Kier molecular flexibility index (Phi) is 7.17. The fourth-order valence-corrected chi connectivity index (χ4v) is 5.13. The molecule has 38 heavy (non-hydrogen) atoms. The van der Waals surface area contributed by atoms with Crippen LogP contribution in [0.4, 0.5) is 18.9 Å². The number of halogens is 4. The van der Waals surface area contributed by atoms with Gasteiger partial charge in [-0.1, -0.05) is 54.1 Å². The molecular weight excluding hydrogens is 515 g/mol. The number of para-hydroxylation sites is 1. The number of aromatic amines is 1. The number of carbonyl (C=O) groups excluding carboxylic acids is 2. The molecule has 1 unspecified atom stereocenters. The molecule has 4 aromatic rings. The number of benzene rings is 3. The number of H-pyrrole nitrogens is 1. The summed E-state index contributed by atoms with van der Waals surface area (Å²) in [5.41, 5.74) is 1.37. The van der Waals surface area contributed by atoms with Gasteiger partial charge in [-0.15, -0.1) is 0 Å². The molecule has 1 aliphatic rings. The third kappa shape index (κ3) is 5.41. The van der Waals surface area contributed by atoms with Crippen LogP contribution in [0.1, 0.15) is 47.8 Å². The number of alkyl halides is 2. The first-order valence-corrected chi connectivity index (χ1v) is 12.7. The number of rotatable bonds is 6. The normalized spacial score (nSPS) is 16.2. The number of amides is 2. The molecular formula is C29H25ClF3N3O2. The van der Waals surface area contributed by atoms with Gasteiger partial charge in [0.15, 0.2) is 0 Å². The topological polar surface area (TPSA) is 65.2 Å². The number of carbonyl (C=O) groups is 2. The number of aromatic nitrogens is 1. The van der Waals surface area contributed by atoms with Crippen LogP contribution in [-0.4, -0.2) is 28.8 Å². The molecule has 0 bridgehead atoms. The summed E-state index contributed by atoms with van der Waals surface area (Å²) in [5, 5.41) is 3.87. The standard InChI is InChI=1S/C29H25ClF3N3O2/c30-23-10-3-2-9-22(23)26(27(37)34-20-12-14-29(32,33)15-13-20)36(21-8-5-7-19(31)17-21)28(38)25-16-18-6-1-4-11-24(18)35-25/h1-11,16-17,20,26,35H,12-15H2,(H,34,37). The van der Waals surface area contributed by atoms with E-state index in [1.165, 1.54) is 29.2 Å². The van der Waals surface area contributed by atoms with E-state index in [1.54, 1.807) is 30.3 Å². The van der Waals surface area contributed by atoms with Gasteiger partial charge in [0.1, 0.15) is 17.6 Å². The molecule has 1 fully saturated rings. The SMILES string of the molecule is O=C(NC1CCC(F)(F)CC1)C(c1ccccc1Cl)N(C(=O)c1cc2ccccc2[nH]1)c1cccc(F)c1. The van der Waals surface area contributed by atoms with Crippen LogP contribution in [0.3, 0.4) is 0 Å². The van der Waals surface area contributed by atoms with Gasteiger partial charge in [0.25, 0.3) is 5.91 Å². The molecule has 1 atom stereocenters. The lowest BCUT2D eigenvalue weighted by Crippen LogP contribution is -2.48. The predicted molar refractivity (Wildman–Crippen MR) is 141 cm³/mol. The van der Waals surface area contributed by atoms with E-state index in [0.717, 1.165) is 10.9 Å². The summed E-state index contributed by atoms with van der Waals surface area (Å²) in [6, 6.07) is 19.1. The number of hydrogen-bond donors (Lipinski definition) is 2. The third-order valence-electron chi connectivity index (χ3n) is 6.84. The minimum Gasteiger partial charge on any atom is -0.351 e. The van der Waals surface area contributed by atoms with Crippen LogP contribution >= 0.6 is 11.6 Å². The molecule has 1 heterocycles. The van der Waals surface area contributed by atoms with Gasteiger partial charge in [0, 0.05) is 46.1 Å². The maximum Gasteiger partial charge on any atom is 0.275 e. The van der Waals surface area contributed by atoms with E-state index in [2.05, 4.69) is 10.3 Å². The van der Waals surface area contributed by atoms with Gasteiger partial charge in [-0.25, -0.2) is 13.2 Å². The van der Waals surface area contributed by atoms with E-state index in [4.69, 9.17) is 11.6 Å². The fourth-order valence-electron chi connectivity index (χ4n) is 4.89. The molecule has 9 heteroatoms. The maximum absolute atomic E-state index is 14.4. The highest BCUT2D eigenvalue weighted by molar-refractivity contribution is 6.31. The Morgan fingerprint density at radius 2 is 1.68 bits per heavy atom. The summed E-state index contributed by atoms with van der Waals surface area (Å²) in [6.07, 6.45) is -0.472. The van der Waals surface area contributed by atoms with Gasteiger partial charge in [-0.05, 0) is 49.2 Å². The van der Waals surface area contributed by atoms with Crippen molar-refractivity contribution in [1.29, 1.82) is 0 Å². The maximum atomic E-state index is 14.4. The number of nitrogens with zero attached hydrogens (tertiary/aromatic N) is 1. The Morgan fingerprint density at radius 3 is 2.39 bits per heavy atom. The summed E-state index contributed by atoms with van der Waals surface area (Å²) in [4.78, 5) is 32.2. The molecule has 1 aliphatic carbocycles. The van der Waals surface area contributed by atoms with Crippen LogP contribution in [0.5, 0.6) is 0 Å². The quantitative estimate of drug-likeness (QED) is 0.276. The van der Waals surface area contributed by atoms with E-state index >= 15 is 0 Å². The Balaban J connectivity index is 1.59. The molecule has 5 nitrogen and oxygen atoms in total. The fraction of sp³-hybridized carbons (Fsp3) is 0.241. The Labute approximate surface area is 222 Å². The van der Waals surface area contributed by atoms with Crippen LogP contribution in [0, 0.1) is 5.82 Å². The molecule has 0 aliphatic heterocycles. The number of fused-ring (bicyclic) bond motifs is 1. The number of anilines is 1. The monoisotopic (exact) mass is 539 g/mol. The lowest BCUT2D eigenvalue weighted by molar-refractivity contribution is -0.124. The Hall–Kier alpha value is -3.78. The van der Waals surface area contributed by atoms with E-state index in [9.17, 15) is 22.8 Å². The van der Waals surface area contributed by atoms with E-state index in [0.29, 0.717) is 5.56 Å². The molecule has 2 N–H and O–H groups in total. The van der Waals surface area contributed by atoms with Gasteiger partial charge in [-0.3, -0.25) is 14.5 Å². The van der Waals surface area contributed by atoms with Crippen molar-refractivity contribution < 1.29 is 22.8 Å². The minimum atomic E-state index is -2.76. The first kappa shape index (κ1) is 25.9.